The molecule has 0 bridgehead atoms. The third-order valence-corrected chi connectivity index (χ3v) is 2.95. The summed E-state index contributed by atoms with van der Waals surface area (Å²) in [6.45, 7) is 1.21. The predicted molar refractivity (Wildman–Crippen MR) is 66.1 cm³/mol. The number of rotatable bonds is 3. The summed E-state index contributed by atoms with van der Waals surface area (Å²) in [5, 5.41) is 18.6. The van der Waals surface area contributed by atoms with E-state index in [9.17, 15) is 9.90 Å². The van der Waals surface area contributed by atoms with Crippen LogP contribution in [0, 0.1) is 0 Å². The van der Waals surface area contributed by atoms with Crippen LogP contribution in [0.2, 0.25) is 0 Å². The van der Waals surface area contributed by atoms with Gasteiger partial charge in [0.25, 0.3) is 0 Å². The molecule has 0 saturated carbocycles. The number of hydrogen-bond acceptors (Lipinski definition) is 3. The summed E-state index contributed by atoms with van der Waals surface area (Å²) in [5.41, 5.74) is 1.07. The lowest BCUT2D eigenvalue weighted by Gasteiger charge is -2.22. The Morgan fingerprint density at radius 3 is 2.59 bits per heavy atom. The van der Waals surface area contributed by atoms with Gasteiger partial charge in [0.15, 0.2) is 0 Å². The fourth-order valence-corrected chi connectivity index (χ4v) is 2.15. The maximum Gasteiger partial charge on any atom is 0.323 e. The highest BCUT2D eigenvalue weighted by Crippen LogP contribution is 2.20. The van der Waals surface area contributed by atoms with Gasteiger partial charge in [-0.05, 0) is 12.0 Å². The summed E-state index contributed by atoms with van der Waals surface area (Å²) in [7, 11) is 0. The van der Waals surface area contributed by atoms with Gasteiger partial charge in [-0.3, -0.25) is 9.69 Å². The van der Waals surface area contributed by atoms with E-state index in [0.717, 1.165) is 5.56 Å². The number of likely N-dealkylation sites (tertiary alicyclic amines) is 1. The Kier molecular flexibility index (Phi) is 4.93. The third kappa shape index (κ3) is 3.19. The van der Waals surface area contributed by atoms with Crippen LogP contribution >= 0.6 is 12.4 Å². The predicted octanol–water partition coefficient (Wildman–Crippen LogP) is 1.13. The highest BCUT2D eigenvalue weighted by Gasteiger charge is 2.37. The first kappa shape index (κ1) is 14.0. The van der Waals surface area contributed by atoms with Crippen LogP contribution < -0.4 is 0 Å². The second kappa shape index (κ2) is 6.00. The monoisotopic (exact) mass is 257 g/mol. The molecule has 2 rings (SSSR count). The smallest absolute Gasteiger partial charge is 0.323 e. The largest absolute Gasteiger partial charge is 0.480 e. The standard InChI is InChI=1S/C12H15NO3.ClH/c14-10-6-7-13(11(10)12(15)16)8-9-4-2-1-3-5-9;/h1-5,10-11,14H,6-8H2,(H,15,16);1H. The second-order valence-electron chi connectivity index (χ2n) is 4.10. The van der Waals surface area contributed by atoms with E-state index in [-0.39, 0.29) is 12.4 Å². The van der Waals surface area contributed by atoms with Crippen molar-refractivity contribution in [2.24, 2.45) is 0 Å². The van der Waals surface area contributed by atoms with Gasteiger partial charge in [-0.25, -0.2) is 0 Å². The summed E-state index contributed by atoms with van der Waals surface area (Å²) in [5.74, 6) is -0.944. The average Bonchev–Trinajstić information content (AvgIpc) is 2.61. The molecule has 4 nitrogen and oxygen atoms in total. The van der Waals surface area contributed by atoms with E-state index >= 15 is 0 Å². The topological polar surface area (TPSA) is 60.8 Å². The van der Waals surface area contributed by atoms with Crippen molar-refractivity contribution >= 4 is 18.4 Å². The highest BCUT2D eigenvalue weighted by molar-refractivity contribution is 5.85. The van der Waals surface area contributed by atoms with Crippen molar-refractivity contribution in [2.45, 2.75) is 25.1 Å². The number of halogens is 1. The molecule has 17 heavy (non-hydrogen) atoms. The first-order chi connectivity index (χ1) is 7.68. The molecule has 94 valence electrons. The summed E-state index contributed by atoms with van der Waals surface area (Å²) >= 11 is 0. The fourth-order valence-electron chi connectivity index (χ4n) is 2.15. The van der Waals surface area contributed by atoms with Crippen LogP contribution in [0.3, 0.4) is 0 Å². The quantitative estimate of drug-likeness (QED) is 0.852. The second-order valence-corrected chi connectivity index (χ2v) is 4.10. The van der Waals surface area contributed by atoms with Crippen LogP contribution in [0.4, 0.5) is 0 Å². The number of benzene rings is 1. The van der Waals surface area contributed by atoms with Crippen LogP contribution in [0.5, 0.6) is 0 Å². The third-order valence-electron chi connectivity index (χ3n) is 2.95. The first-order valence-corrected chi connectivity index (χ1v) is 5.37. The lowest BCUT2D eigenvalue weighted by Crippen LogP contribution is -2.41. The van der Waals surface area contributed by atoms with Gasteiger partial charge in [0, 0.05) is 13.1 Å². The Balaban J connectivity index is 0.00000144. The van der Waals surface area contributed by atoms with Gasteiger partial charge >= 0.3 is 5.97 Å². The van der Waals surface area contributed by atoms with E-state index in [0.29, 0.717) is 19.5 Å². The van der Waals surface area contributed by atoms with Crippen molar-refractivity contribution in [1.82, 2.24) is 4.90 Å². The molecule has 1 heterocycles. The van der Waals surface area contributed by atoms with Crippen LogP contribution in [-0.2, 0) is 11.3 Å². The molecule has 0 radical (unpaired) electrons. The number of carbonyl (C=O) groups is 1. The molecule has 2 N–H and O–H groups in total. The van der Waals surface area contributed by atoms with Gasteiger partial charge in [-0.1, -0.05) is 30.3 Å². The van der Waals surface area contributed by atoms with Crippen LogP contribution in [0.15, 0.2) is 30.3 Å². The molecule has 1 aliphatic heterocycles. The summed E-state index contributed by atoms with van der Waals surface area (Å²) in [4.78, 5) is 12.8. The lowest BCUT2D eigenvalue weighted by molar-refractivity contribution is -0.145. The molecule has 5 heteroatoms. The van der Waals surface area contributed by atoms with Crippen molar-refractivity contribution in [3.8, 4) is 0 Å². The molecule has 0 spiro atoms. The van der Waals surface area contributed by atoms with E-state index in [1.807, 2.05) is 35.2 Å². The van der Waals surface area contributed by atoms with E-state index < -0.39 is 18.1 Å². The maximum absolute atomic E-state index is 11.0. The lowest BCUT2D eigenvalue weighted by atomic mass is 10.1. The van der Waals surface area contributed by atoms with Gasteiger partial charge in [0.1, 0.15) is 6.04 Å². The van der Waals surface area contributed by atoms with Crippen LogP contribution in [0.25, 0.3) is 0 Å². The van der Waals surface area contributed by atoms with Crippen molar-refractivity contribution in [2.75, 3.05) is 6.54 Å². The van der Waals surface area contributed by atoms with Gasteiger partial charge in [0.05, 0.1) is 6.10 Å². The van der Waals surface area contributed by atoms with Gasteiger partial charge in [-0.15, -0.1) is 12.4 Å². The number of carboxylic acid groups (broad SMARTS) is 1. The van der Waals surface area contributed by atoms with E-state index in [4.69, 9.17) is 5.11 Å². The van der Waals surface area contributed by atoms with Gasteiger partial charge in [-0.2, -0.15) is 0 Å². The maximum atomic E-state index is 11.0. The molecular formula is C12H16ClNO3. The number of aliphatic hydroxyl groups excluding tert-OH is 1. The Morgan fingerprint density at radius 1 is 1.35 bits per heavy atom. The average molecular weight is 258 g/mol. The fraction of sp³-hybridized carbons (Fsp3) is 0.417. The summed E-state index contributed by atoms with van der Waals surface area (Å²) < 4.78 is 0. The Hall–Kier alpha value is -1.10. The molecule has 0 aromatic heterocycles. The molecular weight excluding hydrogens is 242 g/mol. The number of aliphatic hydroxyl groups is 1. The highest BCUT2D eigenvalue weighted by atomic mass is 35.5. The van der Waals surface area contributed by atoms with E-state index in [1.54, 1.807) is 0 Å². The number of aliphatic carboxylic acids is 1. The minimum atomic E-state index is -0.944. The van der Waals surface area contributed by atoms with Crippen molar-refractivity contribution in [3.63, 3.8) is 0 Å². The Labute approximate surface area is 106 Å². The van der Waals surface area contributed by atoms with Gasteiger partial charge in [0.2, 0.25) is 0 Å². The molecule has 1 aromatic carbocycles. The molecule has 1 saturated heterocycles. The van der Waals surface area contributed by atoms with E-state index in [2.05, 4.69) is 0 Å². The number of carboxylic acids is 1. The van der Waals surface area contributed by atoms with Crippen LogP contribution in [0.1, 0.15) is 12.0 Å². The zero-order chi connectivity index (χ0) is 11.5. The molecule has 1 aliphatic rings. The van der Waals surface area contributed by atoms with Crippen molar-refractivity contribution in [3.05, 3.63) is 35.9 Å². The van der Waals surface area contributed by atoms with Crippen molar-refractivity contribution in [1.29, 1.82) is 0 Å². The molecule has 0 amide bonds. The number of nitrogens with zero attached hydrogens (tertiary/aromatic N) is 1. The Bertz CT molecular complexity index is 371. The Morgan fingerprint density at radius 2 is 2.00 bits per heavy atom. The first-order valence-electron chi connectivity index (χ1n) is 5.37. The molecule has 0 aliphatic carbocycles. The molecule has 2 unspecified atom stereocenters. The zero-order valence-electron chi connectivity index (χ0n) is 9.32. The van der Waals surface area contributed by atoms with Crippen molar-refractivity contribution < 1.29 is 15.0 Å². The molecule has 1 aromatic rings. The molecule has 1 fully saturated rings. The summed E-state index contributed by atoms with van der Waals surface area (Å²) in [6.07, 6.45) is -0.217. The minimum Gasteiger partial charge on any atom is -0.480 e. The normalized spacial score (nSPS) is 24.3. The summed E-state index contributed by atoms with van der Waals surface area (Å²) in [6, 6.07) is 8.94. The SMILES string of the molecule is Cl.O=C(O)C1C(O)CCN1Cc1ccccc1. The zero-order valence-corrected chi connectivity index (χ0v) is 10.1. The molecule has 2 atom stereocenters. The van der Waals surface area contributed by atoms with Crippen LogP contribution in [-0.4, -0.2) is 39.8 Å². The van der Waals surface area contributed by atoms with Gasteiger partial charge < -0.3 is 10.2 Å². The minimum absolute atomic E-state index is 0. The number of hydrogen-bond donors (Lipinski definition) is 2. The van der Waals surface area contributed by atoms with E-state index in [1.165, 1.54) is 0 Å².